The number of halogens is 2. The first-order valence-electron chi connectivity index (χ1n) is 5.20. The Kier molecular flexibility index (Phi) is 3.59. The van der Waals surface area contributed by atoms with E-state index in [2.05, 4.69) is 5.32 Å². The van der Waals surface area contributed by atoms with Gasteiger partial charge in [-0.25, -0.2) is 4.79 Å². The van der Waals surface area contributed by atoms with Crippen molar-refractivity contribution in [3.8, 4) is 0 Å². The molecule has 1 fully saturated rings. The van der Waals surface area contributed by atoms with Crippen molar-refractivity contribution in [1.29, 1.82) is 0 Å². The number of barbiturate groups is 1. The van der Waals surface area contributed by atoms with Gasteiger partial charge in [0.05, 0.1) is 0 Å². The lowest BCUT2D eigenvalue weighted by atomic mass is 10.1. The molecule has 98 valence electrons. The molecule has 0 radical (unpaired) electrons. The summed E-state index contributed by atoms with van der Waals surface area (Å²) in [6.07, 6.45) is 1.32. The van der Waals surface area contributed by atoms with Gasteiger partial charge in [0.2, 0.25) is 0 Å². The summed E-state index contributed by atoms with van der Waals surface area (Å²) in [6.45, 7) is 0. The molecule has 1 N–H and O–H groups in total. The number of urea groups is 1. The van der Waals surface area contributed by atoms with Gasteiger partial charge in [-0.15, -0.1) is 0 Å². The van der Waals surface area contributed by atoms with E-state index in [0.717, 1.165) is 4.90 Å². The number of likely N-dealkylation sites (N-methyl/N-ethyl adjacent to an activating group) is 1. The Balaban J connectivity index is 2.44. The number of hydrogen-bond acceptors (Lipinski definition) is 3. The third-order valence-electron chi connectivity index (χ3n) is 2.57. The van der Waals surface area contributed by atoms with E-state index in [-0.39, 0.29) is 5.57 Å². The molecule has 1 aliphatic heterocycles. The minimum absolute atomic E-state index is 0.161. The zero-order valence-electron chi connectivity index (χ0n) is 9.74. The smallest absolute Gasteiger partial charge is 0.273 e. The first-order chi connectivity index (χ1) is 8.90. The van der Waals surface area contributed by atoms with E-state index in [1.54, 1.807) is 12.1 Å². The number of hydrogen-bond donors (Lipinski definition) is 1. The van der Waals surface area contributed by atoms with Gasteiger partial charge in [-0.1, -0.05) is 29.3 Å². The molecule has 0 bridgehead atoms. The molecule has 0 aromatic heterocycles. The Labute approximate surface area is 118 Å². The number of nitrogens with one attached hydrogen (secondary N) is 1. The van der Waals surface area contributed by atoms with E-state index in [0.29, 0.717) is 15.6 Å². The Hall–Kier alpha value is -1.85. The number of nitrogens with zero attached hydrogens (tertiary/aromatic N) is 1. The highest BCUT2D eigenvalue weighted by Crippen LogP contribution is 2.24. The van der Waals surface area contributed by atoms with Crippen LogP contribution in [0.25, 0.3) is 6.08 Å². The average molecular weight is 299 g/mol. The molecule has 0 atom stereocenters. The molecule has 0 spiro atoms. The predicted octanol–water partition coefficient (Wildman–Crippen LogP) is 2.08. The molecule has 1 aromatic rings. The fraction of sp³-hybridized carbons (Fsp3) is 0.0833. The van der Waals surface area contributed by atoms with Crippen molar-refractivity contribution < 1.29 is 14.4 Å². The fourth-order valence-electron chi connectivity index (χ4n) is 1.52. The van der Waals surface area contributed by atoms with E-state index < -0.39 is 17.8 Å². The van der Waals surface area contributed by atoms with E-state index in [1.807, 2.05) is 0 Å². The molecule has 4 amide bonds. The summed E-state index contributed by atoms with van der Waals surface area (Å²) in [5.41, 5.74) is 0.304. The number of carbonyl (C=O) groups excluding carboxylic acids is 3. The summed E-state index contributed by atoms with van der Waals surface area (Å²) in [5, 5.41) is 2.80. The molecule has 0 saturated carbocycles. The lowest BCUT2D eigenvalue weighted by Gasteiger charge is -2.22. The van der Waals surface area contributed by atoms with Gasteiger partial charge in [0.15, 0.2) is 0 Å². The van der Waals surface area contributed by atoms with Crippen LogP contribution >= 0.6 is 23.2 Å². The van der Waals surface area contributed by atoms with Gasteiger partial charge in [0, 0.05) is 17.1 Å². The Morgan fingerprint density at radius 1 is 1.21 bits per heavy atom. The van der Waals surface area contributed by atoms with E-state index in [9.17, 15) is 14.4 Å². The van der Waals surface area contributed by atoms with Crippen LogP contribution in [0, 0.1) is 0 Å². The summed E-state index contributed by atoms with van der Waals surface area (Å²) >= 11 is 11.7. The second kappa shape index (κ2) is 5.03. The van der Waals surface area contributed by atoms with E-state index in [4.69, 9.17) is 23.2 Å². The normalized spacial score (nSPS) is 17.9. The van der Waals surface area contributed by atoms with Crippen molar-refractivity contribution in [2.45, 2.75) is 0 Å². The van der Waals surface area contributed by atoms with Crippen molar-refractivity contribution >= 4 is 47.1 Å². The van der Waals surface area contributed by atoms with Crippen LogP contribution in [0.1, 0.15) is 5.56 Å². The molecular formula is C12H8Cl2N2O3. The summed E-state index contributed by atoms with van der Waals surface area (Å²) < 4.78 is 0. The molecule has 0 unspecified atom stereocenters. The van der Waals surface area contributed by atoms with E-state index >= 15 is 0 Å². The minimum Gasteiger partial charge on any atom is -0.273 e. The second-order valence-electron chi connectivity index (χ2n) is 3.85. The summed E-state index contributed by atoms with van der Waals surface area (Å²) in [5.74, 6) is -1.43. The van der Waals surface area contributed by atoms with Crippen molar-refractivity contribution in [1.82, 2.24) is 10.2 Å². The van der Waals surface area contributed by atoms with E-state index in [1.165, 1.54) is 19.2 Å². The van der Waals surface area contributed by atoms with Crippen LogP contribution in [0.4, 0.5) is 4.79 Å². The van der Waals surface area contributed by atoms with Gasteiger partial charge in [0.1, 0.15) is 5.57 Å². The topological polar surface area (TPSA) is 66.5 Å². The van der Waals surface area contributed by atoms with Crippen LogP contribution in [0.2, 0.25) is 10.0 Å². The van der Waals surface area contributed by atoms with Crippen LogP contribution in [-0.4, -0.2) is 29.8 Å². The zero-order valence-corrected chi connectivity index (χ0v) is 11.2. The van der Waals surface area contributed by atoms with Gasteiger partial charge in [0.25, 0.3) is 11.8 Å². The van der Waals surface area contributed by atoms with Crippen LogP contribution in [0.5, 0.6) is 0 Å². The summed E-state index contributed by atoms with van der Waals surface area (Å²) in [7, 11) is 1.28. The maximum absolute atomic E-state index is 11.8. The first-order valence-corrected chi connectivity index (χ1v) is 5.96. The third-order valence-corrected chi connectivity index (χ3v) is 3.13. The fourth-order valence-corrected chi connectivity index (χ4v) is 1.98. The number of carbonyl (C=O) groups is 3. The number of amides is 4. The minimum atomic E-state index is -0.755. The molecule has 1 aromatic carbocycles. The highest BCUT2D eigenvalue weighted by atomic mass is 35.5. The maximum Gasteiger partial charge on any atom is 0.331 e. The zero-order chi connectivity index (χ0) is 14.2. The standard InChI is InChI=1S/C12H8Cl2N2O3/c1-16-11(18)8(10(17)15-12(16)19)4-6-2-3-7(13)5-9(6)14/h2-5H,1H3,(H,15,17,19). The lowest BCUT2D eigenvalue weighted by Crippen LogP contribution is -2.52. The summed E-state index contributed by atoms with van der Waals surface area (Å²) in [4.78, 5) is 35.5. The highest BCUT2D eigenvalue weighted by molar-refractivity contribution is 6.36. The third kappa shape index (κ3) is 2.62. The molecule has 0 aliphatic carbocycles. The SMILES string of the molecule is CN1C(=O)NC(=O)C(=Cc2ccc(Cl)cc2Cl)C1=O. The molecule has 2 rings (SSSR count). The lowest BCUT2D eigenvalue weighted by molar-refractivity contribution is -0.129. The van der Waals surface area contributed by atoms with Crippen molar-refractivity contribution in [3.05, 3.63) is 39.4 Å². The first kappa shape index (κ1) is 13.6. The number of benzene rings is 1. The molecule has 1 aliphatic rings. The van der Waals surface area contributed by atoms with Crippen LogP contribution in [-0.2, 0) is 9.59 Å². The summed E-state index contributed by atoms with van der Waals surface area (Å²) in [6, 6.07) is 3.90. The highest BCUT2D eigenvalue weighted by Gasteiger charge is 2.33. The van der Waals surface area contributed by atoms with Gasteiger partial charge < -0.3 is 0 Å². The predicted molar refractivity (Wildman–Crippen MR) is 70.7 cm³/mol. The molecule has 1 heterocycles. The molecule has 19 heavy (non-hydrogen) atoms. The van der Waals surface area contributed by atoms with Crippen LogP contribution in [0.15, 0.2) is 23.8 Å². The van der Waals surface area contributed by atoms with Crippen LogP contribution in [0.3, 0.4) is 0 Å². The Morgan fingerprint density at radius 2 is 1.89 bits per heavy atom. The molecule has 5 nitrogen and oxygen atoms in total. The quantitative estimate of drug-likeness (QED) is 0.638. The van der Waals surface area contributed by atoms with Gasteiger partial charge >= 0.3 is 6.03 Å². The number of rotatable bonds is 1. The van der Waals surface area contributed by atoms with Crippen molar-refractivity contribution in [2.24, 2.45) is 0 Å². The van der Waals surface area contributed by atoms with Gasteiger partial charge in [-0.05, 0) is 23.8 Å². The molecule has 7 heteroatoms. The monoisotopic (exact) mass is 298 g/mol. The maximum atomic E-state index is 11.8. The largest absolute Gasteiger partial charge is 0.331 e. The Bertz CT molecular complexity index is 625. The number of imide groups is 2. The van der Waals surface area contributed by atoms with Gasteiger partial charge in [-0.3, -0.25) is 19.8 Å². The van der Waals surface area contributed by atoms with Crippen LogP contribution < -0.4 is 5.32 Å². The van der Waals surface area contributed by atoms with Gasteiger partial charge in [-0.2, -0.15) is 0 Å². The van der Waals surface area contributed by atoms with Crippen molar-refractivity contribution in [3.63, 3.8) is 0 Å². The second-order valence-corrected chi connectivity index (χ2v) is 4.69. The molecule has 1 saturated heterocycles. The molecular weight excluding hydrogens is 291 g/mol. The average Bonchev–Trinajstić information content (AvgIpc) is 2.34. The van der Waals surface area contributed by atoms with Crippen molar-refractivity contribution in [2.75, 3.05) is 7.05 Å². The Morgan fingerprint density at radius 3 is 2.53 bits per heavy atom.